The number of rotatable bonds is 25. The molecule has 0 aliphatic carbocycles. The summed E-state index contributed by atoms with van der Waals surface area (Å²) in [6.45, 7) is 5.56. The van der Waals surface area contributed by atoms with Crippen LogP contribution >= 0.6 is 6.72 Å². The fraction of sp³-hybridized carbons (Fsp3) is 0.318. The monoisotopic (exact) mass is 1260 g/mol. The van der Waals surface area contributed by atoms with Gasteiger partial charge in [0, 0.05) is 24.0 Å². The number of methoxy groups -OCH3 is 1. The molecule has 2 amide bonds. The van der Waals surface area contributed by atoms with E-state index in [0.29, 0.717) is 52.0 Å². The number of aliphatic hydroxyl groups is 1. The number of aryl methyl sites for hydroxylation is 1. The molecule has 2 aliphatic rings. The number of nitriles is 1. The SMILES string of the molecule is C.C=CCC(C)(CC)C(CC#N)OP(=S)(OCC1OC(n2cnc3c(NC(=O)c4ccccc4)ncnc32)CC1O)OC1CC(n2cnc3c(NC(=O)c4ccccc4)ncnc32)OC1COC(c1ccccc1)(c1ccc(C)cc1)c1ccc(OC)cc1.O. The van der Waals surface area contributed by atoms with E-state index in [1.54, 1.807) is 77.2 Å². The van der Waals surface area contributed by atoms with Crippen molar-refractivity contribution in [3.05, 3.63) is 211 Å². The highest BCUT2D eigenvalue weighted by Crippen LogP contribution is 2.58. The van der Waals surface area contributed by atoms with E-state index in [1.807, 2.05) is 112 Å². The molecule has 10 atom stereocenters. The van der Waals surface area contributed by atoms with Crippen LogP contribution in [-0.4, -0.2) is 112 Å². The Morgan fingerprint density at radius 2 is 1.28 bits per heavy atom. The quantitative estimate of drug-likeness (QED) is 0.0272. The summed E-state index contributed by atoms with van der Waals surface area (Å²) in [5.41, 5.74) is 3.82. The summed E-state index contributed by atoms with van der Waals surface area (Å²) in [6.07, 6.45) is 2.29. The molecule has 9 aromatic rings. The van der Waals surface area contributed by atoms with E-state index >= 15 is 0 Å². The predicted molar refractivity (Wildman–Crippen MR) is 343 cm³/mol. The Morgan fingerprint density at radius 1 is 0.767 bits per heavy atom. The van der Waals surface area contributed by atoms with E-state index in [4.69, 9.17) is 49.3 Å². The normalized spacial score (nSPS) is 20.3. The predicted octanol–water partition coefficient (Wildman–Crippen LogP) is 11.2. The first-order valence-corrected chi connectivity index (χ1v) is 31.4. The van der Waals surface area contributed by atoms with Gasteiger partial charge in [0.25, 0.3) is 11.8 Å². The fourth-order valence-electron chi connectivity index (χ4n) is 11.2. The minimum absolute atomic E-state index is 0. The minimum Gasteiger partial charge on any atom is -0.497 e. The fourth-order valence-corrected chi connectivity index (χ4v) is 13.7. The van der Waals surface area contributed by atoms with E-state index in [0.717, 1.165) is 22.3 Å². The van der Waals surface area contributed by atoms with Crippen LogP contribution in [0.4, 0.5) is 11.6 Å². The van der Waals surface area contributed by atoms with Crippen molar-refractivity contribution in [3.63, 3.8) is 0 Å². The Bertz CT molecular complexity index is 4000. The summed E-state index contributed by atoms with van der Waals surface area (Å²) >= 11 is 6.57. The van der Waals surface area contributed by atoms with Crippen molar-refractivity contribution < 1.29 is 52.7 Å². The largest absolute Gasteiger partial charge is 0.497 e. The van der Waals surface area contributed by atoms with Gasteiger partial charge in [0.2, 0.25) is 0 Å². The number of hydrogen-bond donors (Lipinski definition) is 3. The number of anilines is 2. The molecular weight excluding hydrogens is 1190 g/mol. The van der Waals surface area contributed by atoms with Crippen LogP contribution in [0, 0.1) is 23.7 Å². The van der Waals surface area contributed by atoms with Crippen molar-refractivity contribution in [3.8, 4) is 11.8 Å². The third kappa shape index (κ3) is 13.9. The molecule has 0 bridgehead atoms. The Kier molecular flexibility index (Phi) is 21.2. The number of benzene rings is 5. The zero-order chi connectivity index (χ0) is 61.4. The number of nitrogens with zero attached hydrogens (tertiary/aromatic N) is 9. The summed E-state index contributed by atoms with van der Waals surface area (Å²) in [5, 5.41) is 28.0. The third-order valence-corrected chi connectivity index (χ3v) is 18.6. The molecule has 2 saturated heterocycles. The third-order valence-electron chi connectivity index (χ3n) is 16.2. The van der Waals surface area contributed by atoms with E-state index in [2.05, 4.69) is 48.2 Å². The van der Waals surface area contributed by atoms with Gasteiger partial charge in [-0.1, -0.05) is 136 Å². The summed E-state index contributed by atoms with van der Waals surface area (Å²) in [5.74, 6) is 0.295. The van der Waals surface area contributed by atoms with Crippen molar-refractivity contribution in [2.75, 3.05) is 31.0 Å². The minimum atomic E-state index is -4.10. The molecule has 0 radical (unpaired) electrons. The smallest absolute Gasteiger partial charge is 0.327 e. The Balaban J connectivity index is 0.00000480. The van der Waals surface area contributed by atoms with Crippen molar-refractivity contribution in [1.29, 1.82) is 5.26 Å². The standard InChI is InChI=1S/C65H66N11O10PS.CH4.H2O/c1-6-32-64(4,7-2)53(31-33-66)86-87(88,82-37-51-49(77)34-54(83-51)75-40-71-56-58(67-38-69-60(56)75)73-62(78)43-17-11-8-12-18-43)85-50-35-55(76-41-72-57-59(68-39-70-61(57)76)74-63(79)44-19-13-9-14-20-44)84-52(50)36-81-65(45-21-15-10-16-22-45,46-25-23-42(3)24-26-46)47-27-29-48(80-5)30-28-47;;/h6,8-30,38-41,49-55,77H,1,7,31-32,34-37H2,2-5H3,(H,67,69,73,78)(H,68,70,74,79);1H4;1H2. The van der Waals surface area contributed by atoms with Gasteiger partial charge in [-0.2, -0.15) is 5.26 Å². The number of imidazole rings is 2. The number of carbonyl (C=O) groups excluding carboxylic acids is 2. The molecule has 4 aromatic heterocycles. The number of ether oxygens (including phenoxy) is 4. The molecule has 5 aromatic carbocycles. The first-order chi connectivity index (χ1) is 42.7. The number of aliphatic hydroxyl groups excluding tert-OH is 1. The van der Waals surface area contributed by atoms with Crippen LogP contribution < -0.4 is 15.4 Å². The molecule has 11 rings (SSSR count). The molecule has 0 saturated carbocycles. The van der Waals surface area contributed by atoms with Crippen molar-refractivity contribution in [2.45, 2.75) is 109 Å². The number of allylic oxidation sites excluding steroid dienone is 1. The summed E-state index contributed by atoms with van der Waals surface area (Å²) in [6, 6.07) is 45.6. The maximum atomic E-state index is 13.5. The summed E-state index contributed by atoms with van der Waals surface area (Å²) in [7, 11) is 1.62. The van der Waals surface area contributed by atoms with Gasteiger partial charge >= 0.3 is 6.72 Å². The molecule has 90 heavy (non-hydrogen) atoms. The molecule has 22 nitrogen and oxygen atoms in total. The molecule has 24 heteroatoms. The molecule has 468 valence electrons. The van der Waals surface area contributed by atoms with E-state index in [-0.39, 0.29) is 68.8 Å². The second-order valence-electron chi connectivity index (χ2n) is 21.8. The summed E-state index contributed by atoms with van der Waals surface area (Å²) < 4.78 is 51.3. The van der Waals surface area contributed by atoms with Gasteiger partial charge in [0.1, 0.15) is 48.7 Å². The zero-order valence-corrected chi connectivity index (χ0v) is 51.1. The van der Waals surface area contributed by atoms with Gasteiger partial charge in [-0.25, -0.2) is 29.9 Å². The van der Waals surface area contributed by atoms with Gasteiger partial charge in [0.05, 0.1) is 63.8 Å². The zero-order valence-electron chi connectivity index (χ0n) is 49.4. The maximum Gasteiger partial charge on any atom is 0.327 e. The van der Waals surface area contributed by atoms with E-state index < -0.39 is 60.7 Å². The molecule has 5 N–H and O–H groups in total. The van der Waals surface area contributed by atoms with Crippen LogP contribution in [0.1, 0.15) is 109 Å². The Hall–Kier alpha value is -8.50. The topological polar surface area (TPSA) is 286 Å². The van der Waals surface area contributed by atoms with Gasteiger partial charge in [-0.15, -0.1) is 6.58 Å². The molecule has 10 unspecified atom stereocenters. The average molecular weight is 1260 g/mol. The number of fused-ring (bicyclic) bond motifs is 2. The number of carbonyl (C=O) groups is 2. The number of amides is 2. The second-order valence-corrected chi connectivity index (χ2v) is 24.7. The van der Waals surface area contributed by atoms with Crippen LogP contribution in [0.3, 0.4) is 0 Å². The van der Waals surface area contributed by atoms with Crippen LogP contribution in [0.2, 0.25) is 0 Å². The van der Waals surface area contributed by atoms with Gasteiger partial charge in [0.15, 0.2) is 34.0 Å². The van der Waals surface area contributed by atoms with Crippen LogP contribution in [-0.2, 0) is 45.2 Å². The highest BCUT2D eigenvalue weighted by Gasteiger charge is 2.48. The number of hydrogen-bond acceptors (Lipinski definition) is 18. The van der Waals surface area contributed by atoms with E-state index in [9.17, 15) is 20.0 Å². The average Bonchev–Trinajstić information content (AvgIpc) is 1.80. The van der Waals surface area contributed by atoms with Crippen molar-refractivity contribution in [1.82, 2.24) is 39.0 Å². The lowest BCUT2D eigenvalue weighted by atomic mass is 9.77. The van der Waals surface area contributed by atoms with Crippen molar-refractivity contribution in [2.24, 2.45) is 5.41 Å². The molecule has 2 aliphatic heterocycles. The molecule has 0 spiro atoms. The van der Waals surface area contributed by atoms with Gasteiger partial charge in [-0.05, 0) is 90.1 Å². The van der Waals surface area contributed by atoms with E-state index in [1.165, 1.54) is 19.0 Å². The summed E-state index contributed by atoms with van der Waals surface area (Å²) in [4.78, 5) is 53.8. The Labute approximate surface area is 526 Å². The molecule has 2 fully saturated rings. The van der Waals surface area contributed by atoms with Crippen LogP contribution in [0.15, 0.2) is 177 Å². The molecule has 6 heterocycles. The lowest BCUT2D eigenvalue weighted by Gasteiger charge is -2.39. The highest BCUT2D eigenvalue weighted by atomic mass is 32.5. The van der Waals surface area contributed by atoms with Crippen molar-refractivity contribution >= 4 is 64.3 Å². The lowest BCUT2D eigenvalue weighted by Crippen LogP contribution is -2.39. The highest BCUT2D eigenvalue weighted by molar-refractivity contribution is 8.07. The first kappa shape index (κ1) is 65.9. The van der Waals surface area contributed by atoms with Gasteiger partial charge < -0.3 is 53.7 Å². The second kappa shape index (κ2) is 29.0. The van der Waals surface area contributed by atoms with Gasteiger partial charge in [-0.3, -0.25) is 18.7 Å². The number of nitrogens with one attached hydrogen (secondary N) is 2. The number of aromatic nitrogens is 8. The molecular formula is C66H72N11O11PS. The maximum absolute atomic E-state index is 13.5. The Morgan fingerprint density at radius 3 is 1.80 bits per heavy atom. The lowest BCUT2D eigenvalue weighted by molar-refractivity contribution is -0.0944. The first-order valence-electron chi connectivity index (χ1n) is 28.8. The van der Waals surface area contributed by atoms with Crippen LogP contribution in [0.25, 0.3) is 22.3 Å². The van der Waals surface area contributed by atoms with Crippen LogP contribution in [0.5, 0.6) is 5.75 Å².